The number of rotatable bonds is 3. The zero-order valence-electron chi connectivity index (χ0n) is 6.53. The highest BCUT2D eigenvalue weighted by molar-refractivity contribution is 5.69. The first kappa shape index (κ1) is 8.65. The molecule has 0 unspecified atom stereocenters. The molecular formula is C10H9FO. The Labute approximate surface area is 70.5 Å². The van der Waals surface area contributed by atoms with Crippen molar-refractivity contribution in [2.75, 3.05) is 0 Å². The molecule has 1 aromatic carbocycles. The van der Waals surface area contributed by atoms with Crippen LogP contribution in [0.5, 0.6) is 0 Å². The van der Waals surface area contributed by atoms with E-state index in [1.54, 1.807) is 0 Å². The lowest BCUT2D eigenvalue weighted by atomic mass is 10.1. The van der Waals surface area contributed by atoms with Crippen molar-refractivity contribution < 1.29 is 9.18 Å². The third-order valence-corrected chi connectivity index (χ3v) is 1.49. The fourth-order valence-electron chi connectivity index (χ4n) is 0.878. The van der Waals surface area contributed by atoms with Gasteiger partial charge in [0.05, 0.1) is 0 Å². The summed E-state index contributed by atoms with van der Waals surface area (Å²) in [5, 5.41) is 0. The zero-order chi connectivity index (χ0) is 8.81. The number of carbonyl (C=O) groups excluding carboxylic acids is 1. The molecule has 1 rings (SSSR count). The van der Waals surface area contributed by atoms with Crippen LogP contribution in [-0.2, 0) is 11.2 Å². The molecule has 1 aromatic rings. The minimum Gasteiger partial charge on any atom is -0.295 e. The van der Waals surface area contributed by atoms with Crippen molar-refractivity contribution >= 4 is 6.29 Å². The van der Waals surface area contributed by atoms with Crippen LogP contribution in [0.1, 0.15) is 5.56 Å². The number of allylic oxidation sites excluding steroid dienone is 2. The summed E-state index contributed by atoms with van der Waals surface area (Å²) in [5.74, 6) is -0.709. The van der Waals surface area contributed by atoms with Crippen molar-refractivity contribution in [3.8, 4) is 0 Å². The van der Waals surface area contributed by atoms with E-state index in [4.69, 9.17) is 0 Å². The third-order valence-electron chi connectivity index (χ3n) is 1.49. The SMILES string of the molecule is O=C/C(F)=C/Cc1ccccc1. The van der Waals surface area contributed by atoms with Gasteiger partial charge in [-0.2, -0.15) is 0 Å². The van der Waals surface area contributed by atoms with Crippen LogP contribution >= 0.6 is 0 Å². The van der Waals surface area contributed by atoms with Gasteiger partial charge in [-0.1, -0.05) is 30.3 Å². The second-order valence-electron chi connectivity index (χ2n) is 2.40. The number of carbonyl (C=O) groups is 1. The Morgan fingerprint density at radius 2 is 2.00 bits per heavy atom. The number of hydrogen-bond acceptors (Lipinski definition) is 1. The van der Waals surface area contributed by atoms with Crippen LogP contribution in [0.4, 0.5) is 4.39 Å². The van der Waals surface area contributed by atoms with Crippen LogP contribution in [0, 0.1) is 0 Å². The molecule has 0 heterocycles. The molecule has 0 atom stereocenters. The lowest BCUT2D eigenvalue weighted by molar-refractivity contribution is -0.106. The Bertz CT molecular complexity index is 277. The van der Waals surface area contributed by atoms with Crippen LogP contribution in [-0.4, -0.2) is 6.29 Å². The molecule has 0 radical (unpaired) electrons. The maximum absolute atomic E-state index is 12.3. The fraction of sp³-hybridized carbons (Fsp3) is 0.100. The normalized spacial score (nSPS) is 11.2. The van der Waals surface area contributed by atoms with Gasteiger partial charge in [-0.25, -0.2) is 4.39 Å². The molecule has 12 heavy (non-hydrogen) atoms. The summed E-state index contributed by atoms with van der Waals surface area (Å²) < 4.78 is 12.3. The van der Waals surface area contributed by atoms with E-state index in [2.05, 4.69) is 0 Å². The highest BCUT2D eigenvalue weighted by Gasteiger charge is 1.90. The van der Waals surface area contributed by atoms with Crippen molar-refractivity contribution in [3.63, 3.8) is 0 Å². The van der Waals surface area contributed by atoms with Gasteiger partial charge in [0, 0.05) is 0 Å². The molecule has 0 aliphatic carbocycles. The maximum Gasteiger partial charge on any atom is 0.178 e. The van der Waals surface area contributed by atoms with Gasteiger partial charge in [-0.3, -0.25) is 4.79 Å². The van der Waals surface area contributed by atoms with E-state index in [9.17, 15) is 9.18 Å². The first-order valence-corrected chi connectivity index (χ1v) is 3.67. The Balaban J connectivity index is 2.60. The molecule has 0 aromatic heterocycles. The monoisotopic (exact) mass is 164 g/mol. The molecule has 0 aliphatic heterocycles. The Kier molecular flexibility index (Phi) is 3.20. The van der Waals surface area contributed by atoms with Crippen LogP contribution in [0.2, 0.25) is 0 Å². The van der Waals surface area contributed by atoms with Gasteiger partial charge in [0.15, 0.2) is 12.1 Å². The van der Waals surface area contributed by atoms with Gasteiger partial charge in [-0.15, -0.1) is 0 Å². The molecule has 0 bridgehead atoms. The summed E-state index contributed by atoms with van der Waals surface area (Å²) in [6.45, 7) is 0. The lowest BCUT2D eigenvalue weighted by Crippen LogP contribution is -1.81. The number of hydrogen-bond donors (Lipinski definition) is 0. The van der Waals surface area contributed by atoms with Gasteiger partial charge >= 0.3 is 0 Å². The minimum atomic E-state index is -0.709. The topological polar surface area (TPSA) is 17.1 Å². The summed E-state index contributed by atoms with van der Waals surface area (Å²) in [6.07, 6.45) is 1.94. The van der Waals surface area contributed by atoms with Crippen LogP contribution in [0.3, 0.4) is 0 Å². The molecular weight excluding hydrogens is 155 g/mol. The van der Waals surface area contributed by atoms with E-state index in [1.807, 2.05) is 30.3 Å². The van der Waals surface area contributed by atoms with E-state index >= 15 is 0 Å². The van der Waals surface area contributed by atoms with Gasteiger partial charge in [0.2, 0.25) is 0 Å². The van der Waals surface area contributed by atoms with Crippen LogP contribution in [0.15, 0.2) is 42.2 Å². The molecule has 1 nitrogen and oxygen atoms in total. The van der Waals surface area contributed by atoms with Gasteiger partial charge in [0.1, 0.15) is 0 Å². The predicted molar refractivity (Wildman–Crippen MR) is 45.4 cm³/mol. The van der Waals surface area contributed by atoms with Crippen LogP contribution < -0.4 is 0 Å². The summed E-state index contributed by atoms with van der Waals surface area (Å²) in [6, 6.07) is 9.41. The van der Waals surface area contributed by atoms with Crippen molar-refractivity contribution in [2.45, 2.75) is 6.42 Å². The molecule has 0 amide bonds. The summed E-state index contributed by atoms with van der Waals surface area (Å²) in [5.41, 5.74) is 0.995. The lowest BCUT2D eigenvalue weighted by Gasteiger charge is -1.92. The first-order valence-electron chi connectivity index (χ1n) is 3.67. The third kappa shape index (κ3) is 2.66. The highest BCUT2D eigenvalue weighted by atomic mass is 19.1. The number of aldehydes is 1. The van der Waals surface area contributed by atoms with Gasteiger partial charge in [0.25, 0.3) is 0 Å². The Morgan fingerprint density at radius 1 is 1.33 bits per heavy atom. The molecule has 0 saturated heterocycles. The summed E-state index contributed by atoms with van der Waals surface area (Å²) in [4.78, 5) is 9.88. The fourth-order valence-corrected chi connectivity index (χ4v) is 0.878. The van der Waals surface area contributed by atoms with Gasteiger partial charge in [-0.05, 0) is 18.1 Å². The van der Waals surface area contributed by atoms with Crippen LogP contribution in [0.25, 0.3) is 0 Å². The average Bonchev–Trinajstić information content (AvgIpc) is 2.16. The van der Waals surface area contributed by atoms with Gasteiger partial charge < -0.3 is 0 Å². The quantitative estimate of drug-likeness (QED) is 0.494. The molecule has 0 saturated carbocycles. The largest absolute Gasteiger partial charge is 0.295 e. The maximum atomic E-state index is 12.3. The number of halogens is 1. The molecule has 0 aliphatic rings. The minimum absolute atomic E-state index is 0.211. The second kappa shape index (κ2) is 4.44. The van der Waals surface area contributed by atoms with Crippen molar-refractivity contribution in [2.24, 2.45) is 0 Å². The molecule has 0 spiro atoms. The van der Waals surface area contributed by atoms with E-state index in [1.165, 1.54) is 6.08 Å². The highest BCUT2D eigenvalue weighted by Crippen LogP contribution is 2.02. The molecule has 0 N–H and O–H groups in total. The second-order valence-corrected chi connectivity index (χ2v) is 2.40. The molecule has 2 heteroatoms. The average molecular weight is 164 g/mol. The van der Waals surface area contributed by atoms with Crippen molar-refractivity contribution in [3.05, 3.63) is 47.8 Å². The standard InChI is InChI=1S/C10H9FO/c11-10(8-12)7-6-9-4-2-1-3-5-9/h1-5,7-8H,6H2/b10-7-. The zero-order valence-corrected chi connectivity index (χ0v) is 6.53. The number of benzene rings is 1. The van der Waals surface area contributed by atoms with E-state index in [0.717, 1.165) is 5.56 Å². The van der Waals surface area contributed by atoms with Crippen molar-refractivity contribution in [1.29, 1.82) is 0 Å². The van der Waals surface area contributed by atoms with E-state index in [-0.39, 0.29) is 6.29 Å². The van der Waals surface area contributed by atoms with E-state index in [0.29, 0.717) is 6.42 Å². The molecule has 62 valence electrons. The first-order chi connectivity index (χ1) is 5.83. The smallest absolute Gasteiger partial charge is 0.178 e. The Hall–Kier alpha value is -1.44. The van der Waals surface area contributed by atoms with Crippen molar-refractivity contribution in [1.82, 2.24) is 0 Å². The summed E-state index contributed by atoms with van der Waals surface area (Å²) in [7, 11) is 0. The predicted octanol–water partition coefficient (Wildman–Crippen LogP) is 2.28. The Morgan fingerprint density at radius 3 is 2.58 bits per heavy atom. The molecule has 0 fully saturated rings. The van der Waals surface area contributed by atoms with E-state index < -0.39 is 5.83 Å². The summed E-state index contributed by atoms with van der Waals surface area (Å²) >= 11 is 0.